The molecule has 4 heteroatoms. The predicted octanol–water partition coefficient (Wildman–Crippen LogP) is 3.71. The molecule has 3 nitrogen and oxygen atoms in total. The van der Waals surface area contributed by atoms with E-state index in [1.165, 1.54) is 5.39 Å². The lowest BCUT2D eigenvalue weighted by atomic mass is 9.93. The summed E-state index contributed by atoms with van der Waals surface area (Å²) < 4.78 is 1.09. The molecule has 0 atom stereocenters. The summed E-state index contributed by atoms with van der Waals surface area (Å²) in [5.74, 6) is 0.945. The number of pyridine rings is 1. The lowest BCUT2D eigenvalue weighted by Crippen LogP contribution is -2.28. The first-order valence-electron chi connectivity index (χ1n) is 6.72. The molecule has 2 aromatic rings. The highest BCUT2D eigenvalue weighted by molar-refractivity contribution is 9.10. The predicted molar refractivity (Wildman–Crippen MR) is 81.3 cm³/mol. The molecular weight excluding hydrogens is 304 g/mol. The number of nitrogens with one attached hydrogen (secondary N) is 1. The molecule has 0 amide bonds. The molecule has 1 fully saturated rings. The second-order valence-corrected chi connectivity index (χ2v) is 6.00. The van der Waals surface area contributed by atoms with Crippen LogP contribution in [0, 0.1) is 0 Å². The average Bonchev–Trinajstić information content (AvgIpc) is 2.43. The Morgan fingerprint density at radius 2 is 1.89 bits per heavy atom. The number of rotatable bonds is 2. The van der Waals surface area contributed by atoms with E-state index in [1.807, 2.05) is 24.4 Å². The van der Waals surface area contributed by atoms with Crippen molar-refractivity contribution in [3.8, 4) is 0 Å². The Labute approximate surface area is 121 Å². The van der Waals surface area contributed by atoms with Gasteiger partial charge in [-0.3, -0.25) is 0 Å². The standard InChI is InChI=1S/C15H17BrN2O/c16-14-3-1-2-13-12(14)8-9-17-15(13)18-10-4-6-11(19)7-5-10/h1-3,8-11,19H,4-7H2,(H,17,18). The van der Waals surface area contributed by atoms with Gasteiger partial charge in [0.05, 0.1) is 6.10 Å². The molecule has 0 bridgehead atoms. The Morgan fingerprint density at radius 3 is 2.68 bits per heavy atom. The third-order valence-electron chi connectivity index (χ3n) is 3.79. The Hall–Kier alpha value is -1.13. The maximum Gasteiger partial charge on any atom is 0.134 e. The number of anilines is 1. The lowest BCUT2D eigenvalue weighted by Gasteiger charge is -2.27. The van der Waals surface area contributed by atoms with Gasteiger partial charge in [-0.2, -0.15) is 0 Å². The van der Waals surface area contributed by atoms with E-state index < -0.39 is 0 Å². The van der Waals surface area contributed by atoms with Crippen molar-refractivity contribution in [3.63, 3.8) is 0 Å². The first-order valence-corrected chi connectivity index (χ1v) is 7.51. The third kappa shape index (κ3) is 2.74. The quantitative estimate of drug-likeness (QED) is 0.886. The van der Waals surface area contributed by atoms with E-state index in [9.17, 15) is 5.11 Å². The minimum Gasteiger partial charge on any atom is -0.393 e. The zero-order chi connectivity index (χ0) is 13.2. The van der Waals surface area contributed by atoms with E-state index in [2.05, 4.69) is 32.3 Å². The van der Waals surface area contributed by atoms with Gasteiger partial charge >= 0.3 is 0 Å². The average molecular weight is 321 g/mol. The Bertz CT molecular complexity index is 579. The molecule has 1 aliphatic carbocycles. The highest BCUT2D eigenvalue weighted by Gasteiger charge is 2.20. The lowest BCUT2D eigenvalue weighted by molar-refractivity contribution is 0.126. The summed E-state index contributed by atoms with van der Waals surface area (Å²) in [6, 6.07) is 8.61. The summed E-state index contributed by atoms with van der Waals surface area (Å²) in [6.45, 7) is 0. The van der Waals surface area contributed by atoms with Crippen LogP contribution in [-0.2, 0) is 0 Å². The highest BCUT2D eigenvalue weighted by atomic mass is 79.9. The molecule has 0 spiro atoms. The summed E-state index contributed by atoms with van der Waals surface area (Å²) >= 11 is 3.58. The van der Waals surface area contributed by atoms with Gasteiger partial charge in [-0.15, -0.1) is 0 Å². The Balaban J connectivity index is 1.87. The van der Waals surface area contributed by atoms with Crippen LogP contribution in [-0.4, -0.2) is 22.2 Å². The molecule has 0 radical (unpaired) electrons. The van der Waals surface area contributed by atoms with E-state index in [-0.39, 0.29) is 6.10 Å². The van der Waals surface area contributed by atoms with Gasteiger partial charge in [0.2, 0.25) is 0 Å². The van der Waals surface area contributed by atoms with Crippen LogP contribution in [0.4, 0.5) is 5.82 Å². The fraction of sp³-hybridized carbons (Fsp3) is 0.400. The van der Waals surface area contributed by atoms with Gasteiger partial charge in [0, 0.05) is 27.5 Å². The molecule has 0 saturated heterocycles. The molecule has 2 N–H and O–H groups in total. The van der Waals surface area contributed by atoms with Crippen LogP contribution < -0.4 is 5.32 Å². The normalized spacial score (nSPS) is 23.5. The van der Waals surface area contributed by atoms with E-state index in [4.69, 9.17) is 0 Å². The van der Waals surface area contributed by atoms with Crippen LogP contribution in [0.5, 0.6) is 0 Å². The van der Waals surface area contributed by atoms with E-state index in [0.717, 1.165) is 41.4 Å². The molecule has 0 aliphatic heterocycles. The first kappa shape index (κ1) is 12.9. The summed E-state index contributed by atoms with van der Waals surface area (Å²) in [5.41, 5.74) is 0. The van der Waals surface area contributed by atoms with Crippen LogP contribution in [0.15, 0.2) is 34.9 Å². The maximum absolute atomic E-state index is 9.55. The van der Waals surface area contributed by atoms with Gasteiger partial charge in [-0.1, -0.05) is 28.1 Å². The van der Waals surface area contributed by atoms with Crippen molar-refractivity contribution in [2.45, 2.75) is 37.8 Å². The number of benzene rings is 1. The molecule has 19 heavy (non-hydrogen) atoms. The Kier molecular flexibility index (Phi) is 3.71. The zero-order valence-corrected chi connectivity index (χ0v) is 12.2. The van der Waals surface area contributed by atoms with Crippen molar-refractivity contribution in [1.29, 1.82) is 0 Å². The number of hydrogen-bond donors (Lipinski definition) is 2. The third-order valence-corrected chi connectivity index (χ3v) is 4.48. The van der Waals surface area contributed by atoms with Crippen molar-refractivity contribution in [3.05, 3.63) is 34.9 Å². The van der Waals surface area contributed by atoms with Gasteiger partial charge in [-0.05, 0) is 37.8 Å². The first-order chi connectivity index (χ1) is 9.24. The summed E-state index contributed by atoms with van der Waals surface area (Å²) in [6.07, 6.45) is 5.50. The number of fused-ring (bicyclic) bond motifs is 1. The summed E-state index contributed by atoms with van der Waals surface area (Å²) in [4.78, 5) is 4.47. The van der Waals surface area contributed by atoms with Gasteiger partial charge in [0.25, 0.3) is 0 Å². The molecule has 1 saturated carbocycles. The smallest absolute Gasteiger partial charge is 0.134 e. The van der Waals surface area contributed by atoms with Crippen molar-refractivity contribution in [2.75, 3.05) is 5.32 Å². The fourth-order valence-electron chi connectivity index (χ4n) is 2.70. The van der Waals surface area contributed by atoms with E-state index in [1.54, 1.807) is 0 Å². The minimum atomic E-state index is -0.118. The zero-order valence-electron chi connectivity index (χ0n) is 10.6. The van der Waals surface area contributed by atoms with Crippen LogP contribution >= 0.6 is 15.9 Å². The van der Waals surface area contributed by atoms with Crippen molar-refractivity contribution < 1.29 is 5.11 Å². The topological polar surface area (TPSA) is 45.1 Å². The number of aliphatic hydroxyl groups excluding tert-OH is 1. The second kappa shape index (κ2) is 5.47. The van der Waals surface area contributed by atoms with Crippen LogP contribution in [0.3, 0.4) is 0 Å². The molecule has 1 heterocycles. The number of aliphatic hydroxyl groups is 1. The summed E-state index contributed by atoms with van der Waals surface area (Å²) in [7, 11) is 0. The van der Waals surface area contributed by atoms with E-state index in [0.29, 0.717) is 6.04 Å². The Morgan fingerprint density at radius 1 is 1.11 bits per heavy atom. The number of aromatic nitrogens is 1. The maximum atomic E-state index is 9.55. The van der Waals surface area contributed by atoms with Crippen molar-refractivity contribution >= 4 is 32.5 Å². The molecule has 1 aliphatic rings. The molecule has 0 unspecified atom stereocenters. The SMILES string of the molecule is OC1CCC(Nc2nccc3c(Br)cccc23)CC1. The van der Waals surface area contributed by atoms with Gasteiger partial charge in [0.15, 0.2) is 0 Å². The molecule has 1 aromatic carbocycles. The monoisotopic (exact) mass is 320 g/mol. The van der Waals surface area contributed by atoms with E-state index >= 15 is 0 Å². The van der Waals surface area contributed by atoms with Crippen LogP contribution in [0.2, 0.25) is 0 Å². The molecular formula is C15H17BrN2O. The highest BCUT2D eigenvalue weighted by Crippen LogP contribution is 2.29. The van der Waals surface area contributed by atoms with Crippen LogP contribution in [0.25, 0.3) is 10.8 Å². The number of hydrogen-bond acceptors (Lipinski definition) is 3. The largest absolute Gasteiger partial charge is 0.393 e. The number of nitrogens with zero attached hydrogens (tertiary/aromatic N) is 1. The fourth-order valence-corrected chi connectivity index (χ4v) is 3.20. The number of halogens is 1. The molecule has 1 aromatic heterocycles. The summed E-state index contributed by atoms with van der Waals surface area (Å²) in [5, 5.41) is 15.4. The minimum absolute atomic E-state index is 0.118. The van der Waals surface area contributed by atoms with Gasteiger partial charge in [0.1, 0.15) is 5.82 Å². The van der Waals surface area contributed by atoms with Crippen molar-refractivity contribution in [2.24, 2.45) is 0 Å². The molecule has 100 valence electrons. The van der Waals surface area contributed by atoms with Gasteiger partial charge in [-0.25, -0.2) is 4.98 Å². The van der Waals surface area contributed by atoms with Crippen LogP contribution in [0.1, 0.15) is 25.7 Å². The second-order valence-electron chi connectivity index (χ2n) is 5.14. The van der Waals surface area contributed by atoms with Crippen molar-refractivity contribution in [1.82, 2.24) is 4.98 Å². The van der Waals surface area contributed by atoms with Gasteiger partial charge < -0.3 is 10.4 Å². The molecule has 3 rings (SSSR count).